The van der Waals surface area contributed by atoms with E-state index in [9.17, 15) is 0 Å². The molecule has 0 aliphatic rings. The average molecular weight is 271 g/mol. The first kappa shape index (κ1) is 9.99. The minimum atomic E-state index is 0.905. The highest BCUT2D eigenvalue weighted by Gasteiger charge is 2.05. The molecule has 0 unspecified atom stereocenters. The quantitative estimate of drug-likeness (QED) is 0.794. The highest BCUT2D eigenvalue weighted by Crippen LogP contribution is 2.34. The molecule has 0 aliphatic heterocycles. The van der Waals surface area contributed by atoms with Gasteiger partial charge in [-0.25, -0.2) is 0 Å². The summed E-state index contributed by atoms with van der Waals surface area (Å²) in [7, 11) is 1.69. The molecule has 1 aromatic carbocycles. The van der Waals surface area contributed by atoms with E-state index in [4.69, 9.17) is 4.74 Å². The van der Waals surface area contributed by atoms with Gasteiger partial charge in [0.15, 0.2) is 0 Å². The number of halogens is 1. The lowest BCUT2D eigenvalue weighted by molar-refractivity contribution is 0.413. The summed E-state index contributed by atoms with van der Waals surface area (Å²) < 4.78 is 7.57. The second-order valence-electron chi connectivity index (χ2n) is 3.09. The number of fused-ring (bicyclic) bond motifs is 1. The van der Waals surface area contributed by atoms with Crippen LogP contribution >= 0.6 is 27.3 Å². The van der Waals surface area contributed by atoms with Crippen molar-refractivity contribution >= 4 is 37.4 Å². The zero-order chi connectivity index (χ0) is 10.1. The molecule has 2 aromatic rings. The monoisotopic (exact) mass is 270 g/mol. The Balaban J connectivity index is 2.64. The van der Waals surface area contributed by atoms with E-state index in [0.717, 1.165) is 16.6 Å². The van der Waals surface area contributed by atoms with Gasteiger partial charge in [0.05, 0.1) is 11.6 Å². The van der Waals surface area contributed by atoms with Gasteiger partial charge < -0.3 is 4.74 Å². The van der Waals surface area contributed by atoms with Crippen LogP contribution in [0.1, 0.15) is 11.8 Å². The summed E-state index contributed by atoms with van der Waals surface area (Å²) in [6.07, 6.45) is 1.10. The molecule has 0 amide bonds. The summed E-state index contributed by atoms with van der Waals surface area (Å²) in [5.74, 6) is 0.905. The van der Waals surface area contributed by atoms with Gasteiger partial charge in [-0.3, -0.25) is 0 Å². The van der Waals surface area contributed by atoms with E-state index in [0.29, 0.717) is 0 Å². The Morgan fingerprint density at radius 3 is 2.79 bits per heavy atom. The number of aryl methyl sites for hydroxylation is 1. The first-order valence-corrected chi connectivity index (χ1v) is 6.11. The Bertz CT molecular complexity index is 462. The number of rotatable bonds is 2. The lowest BCUT2D eigenvalue weighted by atomic mass is 10.2. The van der Waals surface area contributed by atoms with E-state index >= 15 is 0 Å². The molecule has 0 saturated carbocycles. The number of ether oxygens (including phenoxy) is 1. The first-order valence-electron chi connectivity index (χ1n) is 4.50. The molecule has 0 spiro atoms. The van der Waals surface area contributed by atoms with Gasteiger partial charge >= 0.3 is 0 Å². The summed E-state index contributed by atoms with van der Waals surface area (Å²) >= 11 is 5.32. The van der Waals surface area contributed by atoms with Crippen LogP contribution in [0.4, 0.5) is 0 Å². The van der Waals surface area contributed by atoms with Crippen LogP contribution in [-0.4, -0.2) is 7.11 Å². The molecule has 0 atom stereocenters. The Labute approximate surface area is 95.8 Å². The number of methoxy groups -OCH3 is 1. The molecule has 0 fully saturated rings. The van der Waals surface area contributed by atoms with E-state index in [2.05, 4.69) is 41.1 Å². The zero-order valence-corrected chi connectivity index (χ0v) is 10.5. The third-order valence-corrected chi connectivity index (χ3v) is 4.05. The van der Waals surface area contributed by atoms with Crippen LogP contribution in [0.2, 0.25) is 0 Å². The van der Waals surface area contributed by atoms with Gasteiger partial charge in [-0.1, -0.05) is 6.92 Å². The van der Waals surface area contributed by atoms with Crippen molar-refractivity contribution in [3.8, 4) is 5.75 Å². The van der Waals surface area contributed by atoms with Crippen molar-refractivity contribution in [3.63, 3.8) is 0 Å². The lowest BCUT2D eigenvalue weighted by Gasteiger charge is -2.01. The molecule has 0 radical (unpaired) electrons. The van der Waals surface area contributed by atoms with Gasteiger partial charge in [-0.05, 0) is 45.9 Å². The van der Waals surface area contributed by atoms with Crippen LogP contribution < -0.4 is 4.74 Å². The van der Waals surface area contributed by atoms with E-state index in [1.54, 1.807) is 7.11 Å². The Hall–Kier alpha value is -0.540. The van der Waals surface area contributed by atoms with Crippen LogP contribution in [0, 0.1) is 0 Å². The highest BCUT2D eigenvalue weighted by molar-refractivity contribution is 9.10. The van der Waals surface area contributed by atoms with Crippen LogP contribution in [-0.2, 0) is 6.42 Å². The second kappa shape index (κ2) is 3.91. The van der Waals surface area contributed by atoms with Crippen molar-refractivity contribution in [1.82, 2.24) is 0 Å². The smallest absolute Gasteiger partial charge is 0.134 e. The van der Waals surface area contributed by atoms with Gasteiger partial charge in [-0.2, -0.15) is 0 Å². The van der Waals surface area contributed by atoms with E-state index in [1.165, 1.54) is 15.0 Å². The molecule has 3 heteroatoms. The maximum absolute atomic E-state index is 5.26. The van der Waals surface area contributed by atoms with Crippen molar-refractivity contribution in [1.29, 1.82) is 0 Å². The third-order valence-electron chi connectivity index (χ3n) is 2.19. The van der Waals surface area contributed by atoms with Gasteiger partial charge in [-0.15, -0.1) is 11.3 Å². The summed E-state index contributed by atoms with van der Waals surface area (Å²) in [6.45, 7) is 2.18. The first-order chi connectivity index (χ1) is 6.74. The number of benzene rings is 1. The maximum Gasteiger partial charge on any atom is 0.134 e. The predicted molar refractivity (Wildman–Crippen MR) is 65.5 cm³/mol. The predicted octanol–water partition coefficient (Wildman–Crippen LogP) is 4.23. The molecule has 1 aromatic heterocycles. The minimum Gasteiger partial charge on any atom is -0.496 e. The van der Waals surface area contributed by atoms with E-state index in [1.807, 2.05) is 11.3 Å². The summed E-state index contributed by atoms with van der Waals surface area (Å²) in [6, 6.07) is 6.44. The number of thiophene rings is 1. The standard InChI is InChI=1S/C11H11BrOS/c1-3-8-4-7-5-9(12)10(13-2)6-11(7)14-8/h4-6H,3H2,1-2H3. The fourth-order valence-corrected chi connectivity index (χ4v) is 2.96. The lowest BCUT2D eigenvalue weighted by Crippen LogP contribution is -1.82. The molecule has 1 heterocycles. The SMILES string of the molecule is CCc1cc2cc(Br)c(OC)cc2s1. The Morgan fingerprint density at radius 2 is 2.14 bits per heavy atom. The second-order valence-corrected chi connectivity index (χ2v) is 5.11. The van der Waals surface area contributed by atoms with Crippen LogP contribution in [0.5, 0.6) is 5.75 Å². The maximum atomic E-state index is 5.26. The van der Waals surface area contributed by atoms with Crippen LogP contribution in [0.25, 0.3) is 10.1 Å². The molecule has 0 aliphatic carbocycles. The third kappa shape index (κ3) is 1.66. The summed E-state index contributed by atoms with van der Waals surface area (Å²) in [5, 5.41) is 1.29. The van der Waals surface area contributed by atoms with Gasteiger partial charge in [0.1, 0.15) is 5.75 Å². The van der Waals surface area contributed by atoms with Crippen LogP contribution in [0.15, 0.2) is 22.7 Å². The topological polar surface area (TPSA) is 9.23 Å². The Morgan fingerprint density at radius 1 is 1.36 bits per heavy atom. The number of hydrogen-bond acceptors (Lipinski definition) is 2. The van der Waals surface area contributed by atoms with Gasteiger partial charge in [0.2, 0.25) is 0 Å². The molecular weight excluding hydrogens is 260 g/mol. The molecule has 14 heavy (non-hydrogen) atoms. The van der Waals surface area contributed by atoms with Crippen molar-refractivity contribution in [2.45, 2.75) is 13.3 Å². The van der Waals surface area contributed by atoms with Crippen molar-refractivity contribution in [3.05, 3.63) is 27.5 Å². The fourth-order valence-electron chi connectivity index (χ4n) is 1.43. The highest BCUT2D eigenvalue weighted by atomic mass is 79.9. The minimum absolute atomic E-state index is 0.905. The molecule has 1 nitrogen and oxygen atoms in total. The van der Waals surface area contributed by atoms with E-state index < -0.39 is 0 Å². The molecular formula is C11H11BrOS. The van der Waals surface area contributed by atoms with Crippen molar-refractivity contribution < 1.29 is 4.74 Å². The number of hydrogen-bond donors (Lipinski definition) is 0. The average Bonchev–Trinajstić information content (AvgIpc) is 2.58. The van der Waals surface area contributed by atoms with Crippen molar-refractivity contribution in [2.24, 2.45) is 0 Å². The van der Waals surface area contributed by atoms with Gasteiger partial charge in [0, 0.05) is 9.58 Å². The molecule has 0 bridgehead atoms. The van der Waals surface area contributed by atoms with E-state index in [-0.39, 0.29) is 0 Å². The van der Waals surface area contributed by atoms with Gasteiger partial charge in [0.25, 0.3) is 0 Å². The molecule has 74 valence electrons. The molecule has 0 saturated heterocycles. The summed E-state index contributed by atoms with van der Waals surface area (Å²) in [4.78, 5) is 1.42. The van der Waals surface area contributed by atoms with Crippen LogP contribution in [0.3, 0.4) is 0 Å². The van der Waals surface area contributed by atoms with Crippen molar-refractivity contribution in [2.75, 3.05) is 7.11 Å². The zero-order valence-electron chi connectivity index (χ0n) is 8.13. The molecule has 0 N–H and O–H groups in total. The fraction of sp³-hybridized carbons (Fsp3) is 0.273. The normalized spacial score (nSPS) is 10.8. The largest absolute Gasteiger partial charge is 0.496 e. The Kier molecular flexibility index (Phi) is 2.79. The summed E-state index contributed by atoms with van der Waals surface area (Å²) in [5.41, 5.74) is 0. The molecule has 2 rings (SSSR count).